The number of carbonyl (C=O) groups excluding carboxylic acids is 1. The first-order valence-corrected chi connectivity index (χ1v) is 6.30. The molecule has 0 bridgehead atoms. The molecule has 2 atom stereocenters. The molecule has 4 N–H and O–H groups in total. The molecule has 0 saturated carbocycles. The second-order valence-corrected chi connectivity index (χ2v) is 4.36. The third-order valence-electron chi connectivity index (χ3n) is 2.97. The Bertz CT molecular complexity index is 598. The number of benzene rings is 1. The number of oxime groups is 1. The van der Waals surface area contributed by atoms with E-state index in [0.717, 1.165) is 0 Å². The topological polar surface area (TPSA) is 133 Å². The molecule has 118 valence electrons. The predicted molar refractivity (Wildman–Crippen MR) is 76.2 cm³/mol. The van der Waals surface area contributed by atoms with Gasteiger partial charge in [-0.15, -0.1) is 0 Å². The van der Waals surface area contributed by atoms with Crippen LogP contribution in [0.4, 0.5) is 5.69 Å². The maximum Gasteiger partial charge on any atom is 0.361 e. The monoisotopic (exact) mass is 309 g/mol. The number of cyclic esters (lactones) is 1. The molecule has 22 heavy (non-hydrogen) atoms. The number of anilines is 1. The summed E-state index contributed by atoms with van der Waals surface area (Å²) in [5.41, 5.74) is 2.63. The highest BCUT2D eigenvalue weighted by Crippen LogP contribution is 2.17. The summed E-state index contributed by atoms with van der Waals surface area (Å²) in [5, 5.41) is 34.1. The van der Waals surface area contributed by atoms with Crippen molar-refractivity contribution in [3.63, 3.8) is 0 Å². The first-order valence-electron chi connectivity index (χ1n) is 6.30. The maximum absolute atomic E-state index is 11.7. The van der Waals surface area contributed by atoms with Gasteiger partial charge in [0.05, 0.1) is 19.4 Å². The van der Waals surface area contributed by atoms with Crippen molar-refractivity contribution in [1.82, 2.24) is 0 Å². The smallest absolute Gasteiger partial charge is 0.361 e. The van der Waals surface area contributed by atoms with Crippen molar-refractivity contribution in [1.29, 1.82) is 0 Å². The average molecular weight is 309 g/mol. The third kappa shape index (κ3) is 3.15. The molecule has 0 amide bonds. The fraction of sp³-hybridized carbons (Fsp3) is 0.308. The number of esters is 1. The molecule has 0 aliphatic carbocycles. The van der Waals surface area contributed by atoms with Crippen LogP contribution in [0.25, 0.3) is 0 Å². The van der Waals surface area contributed by atoms with Gasteiger partial charge in [-0.05, 0) is 24.3 Å². The highest BCUT2D eigenvalue weighted by atomic mass is 16.6. The SMILES string of the molecule is COc1ccc(N/N=C2/C(=O)OC(C(O)CO)/C2=N\O)cc1. The zero-order valence-corrected chi connectivity index (χ0v) is 11.6. The zero-order valence-electron chi connectivity index (χ0n) is 11.6. The lowest BCUT2D eigenvalue weighted by molar-refractivity contribution is -0.140. The summed E-state index contributed by atoms with van der Waals surface area (Å²) in [5.74, 6) is -0.214. The lowest BCUT2D eigenvalue weighted by Crippen LogP contribution is -2.36. The van der Waals surface area contributed by atoms with Gasteiger partial charge in [0.1, 0.15) is 11.9 Å². The van der Waals surface area contributed by atoms with Gasteiger partial charge >= 0.3 is 5.97 Å². The van der Waals surface area contributed by atoms with Gasteiger partial charge in [-0.1, -0.05) is 5.16 Å². The normalized spacial score (nSPS) is 22.7. The quantitative estimate of drug-likeness (QED) is 0.329. The Morgan fingerprint density at radius 3 is 2.64 bits per heavy atom. The van der Waals surface area contributed by atoms with E-state index in [0.29, 0.717) is 11.4 Å². The van der Waals surface area contributed by atoms with E-state index in [1.165, 1.54) is 7.11 Å². The van der Waals surface area contributed by atoms with Gasteiger partial charge in [0, 0.05) is 0 Å². The van der Waals surface area contributed by atoms with E-state index in [2.05, 4.69) is 15.7 Å². The summed E-state index contributed by atoms with van der Waals surface area (Å²) < 4.78 is 9.83. The molecule has 1 fully saturated rings. The Morgan fingerprint density at radius 2 is 2.09 bits per heavy atom. The van der Waals surface area contributed by atoms with Crippen molar-refractivity contribution in [2.45, 2.75) is 12.2 Å². The van der Waals surface area contributed by atoms with Crippen molar-refractivity contribution in [2.75, 3.05) is 19.1 Å². The van der Waals surface area contributed by atoms with Crippen LogP contribution < -0.4 is 10.2 Å². The lowest BCUT2D eigenvalue weighted by Gasteiger charge is -2.13. The minimum Gasteiger partial charge on any atom is -0.497 e. The van der Waals surface area contributed by atoms with Crippen LogP contribution in [0.5, 0.6) is 5.75 Å². The standard InChI is InChI=1S/C13H15N3O6/c1-21-8-4-2-7(3-5-8)14-15-11-10(16-20)12(9(18)6-17)22-13(11)19/h2-5,9,12,14,17-18,20H,6H2,1H3/b15-11+,16-10-. The maximum atomic E-state index is 11.7. The van der Waals surface area contributed by atoms with Crippen LogP contribution >= 0.6 is 0 Å². The predicted octanol–water partition coefficient (Wildman–Crippen LogP) is -0.428. The van der Waals surface area contributed by atoms with Crippen LogP contribution in [0.3, 0.4) is 0 Å². The Balaban J connectivity index is 2.17. The number of hydrazone groups is 1. The van der Waals surface area contributed by atoms with E-state index in [1.807, 2.05) is 0 Å². The summed E-state index contributed by atoms with van der Waals surface area (Å²) in [6, 6.07) is 6.71. The molecule has 0 aromatic heterocycles. The number of aliphatic hydroxyl groups excluding tert-OH is 2. The Kier molecular flexibility index (Phi) is 4.92. The van der Waals surface area contributed by atoms with Gasteiger partial charge in [-0.25, -0.2) is 4.79 Å². The first kappa shape index (κ1) is 15.7. The molecule has 1 aliphatic heterocycles. The fourth-order valence-electron chi connectivity index (χ4n) is 1.82. The number of nitrogens with one attached hydrogen (secondary N) is 1. The van der Waals surface area contributed by atoms with Gasteiger partial charge in [0.15, 0.2) is 17.5 Å². The zero-order chi connectivity index (χ0) is 16.1. The van der Waals surface area contributed by atoms with Gasteiger partial charge in [0.2, 0.25) is 0 Å². The highest BCUT2D eigenvalue weighted by Gasteiger charge is 2.43. The second-order valence-electron chi connectivity index (χ2n) is 4.36. The Hall–Kier alpha value is -2.65. The molecule has 9 nitrogen and oxygen atoms in total. The van der Waals surface area contributed by atoms with Crippen molar-refractivity contribution < 1.29 is 29.7 Å². The van der Waals surface area contributed by atoms with E-state index in [4.69, 9.17) is 19.8 Å². The summed E-state index contributed by atoms with van der Waals surface area (Å²) >= 11 is 0. The number of hydrogen-bond donors (Lipinski definition) is 4. The molecule has 0 spiro atoms. The summed E-state index contributed by atoms with van der Waals surface area (Å²) in [4.78, 5) is 11.7. The van der Waals surface area contributed by atoms with Crippen LogP contribution in [0.2, 0.25) is 0 Å². The number of aliphatic hydroxyl groups is 2. The third-order valence-corrected chi connectivity index (χ3v) is 2.97. The molecule has 0 radical (unpaired) electrons. The van der Waals surface area contributed by atoms with Gasteiger partial charge in [-0.2, -0.15) is 5.10 Å². The van der Waals surface area contributed by atoms with Crippen LogP contribution in [-0.4, -0.2) is 58.7 Å². The number of carbonyl (C=O) groups is 1. The number of rotatable bonds is 5. The molecule has 1 saturated heterocycles. The van der Waals surface area contributed by atoms with Crippen molar-refractivity contribution in [3.05, 3.63) is 24.3 Å². The number of nitrogens with zero attached hydrogens (tertiary/aromatic N) is 2. The fourth-order valence-corrected chi connectivity index (χ4v) is 1.82. The summed E-state index contributed by atoms with van der Waals surface area (Å²) in [6.45, 7) is -0.657. The number of ether oxygens (including phenoxy) is 2. The minimum absolute atomic E-state index is 0.257. The van der Waals surface area contributed by atoms with Crippen molar-refractivity contribution in [2.24, 2.45) is 10.3 Å². The second kappa shape index (κ2) is 6.87. The van der Waals surface area contributed by atoms with E-state index in [1.54, 1.807) is 24.3 Å². The largest absolute Gasteiger partial charge is 0.497 e. The highest BCUT2D eigenvalue weighted by molar-refractivity contribution is 6.69. The average Bonchev–Trinajstić information content (AvgIpc) is 2.88. The molecular weight excluding hydrogens is 294 g/mol. The number of methoxy groups -OCH3 is 1. The van der Waals surface area contributed by atoms with Gasteiger partial charge in [0.25, 0.3) is 0 Å². The van der Waals surface area contributed by atoms with E-state index in [9.17, 15) is 9.90 Å². The Morgan fingerprint density at radius 1 is 1.41 bits per heavy atom. The Labute approximate surface area is 125 Å². The molecule has 1 heterocycles. The van der Waals surface area contributed by atoms with Crippen molar-refractivity contribution >= 4 is 23.1 Å². The molecule has 1 aromatic carbocycles. The molecule has 2 rings (SSSR count). The molecule has 2 unspecified atom stereocenters. The van der Waals surface area contributed by atoms with Crippen LogP contribution in [0.1, 0.15) is 0 Å². The number of hydrogen-bond acceptors (Lipinski definition) is 9. The van der Waals surface area contributed by atoms with E-state index in [-0.39, 0.29) is 11.4 Å². The van der Waals surface area contributed by atoms with Crippen molar-refractivity contribution in [3.8, 4) is 5.75 Å². The summed E-state index contributed by atoms with van der Waals surface area (Å²) in [6.07, 6.45) is -2.66. The molecule has 1 aliphatic rings. The van der Waals surface area contributed by atoms with Crippen LogP contribution in [0.15, 0.2) is 34.5 Å². The molecular formula is C13H15N3O6. The lowest BCUT2D eigenvalue weighted by atomic mass is 10.1. The van der Waals surface area contributed by atoms with Crippen LogP contribution in [-0.2, 0) is 9.53 Å². The van der Waals surface area contributed by atoms with E-state index >= 15 is 0 Å². The summed E-state index contributed by atoms with van der Waals surface area (Å²) in [7, 11) is 1.54. The van der Waals surface area contributed by atoms with Gasteiger partial charge < -0.3 is 24.9 Å². The molecule has 9 heteroatoms. The molecule has 1 aromatic rings. The first-order chi connectivity index (χ1) is 10.6. The minimum atomic E-state index is -1.40. The van der Waals surface area contributed by atoms with Gasteiger partial charge in [-0.3, -0.25) is 5.43 Å². The van der Waals surface area contributed by atoms with E-state index < -0.39 is 24.8 Å². The van der Waals surface area contributed by atoms with Crippen LogP contribution in [0, 0.1) is 0 Å².